The molecule has 2 aromatic rings. The van der Waals surface area contributed by atoms with Crippen LogP contribution < -0.4 is 5.73 Å². The van der Waals surface area contributed by atoms with Crippen LogP contribution in [-0.4, -0.2) is 11.1 Å². The molecule has 1 aromatic carbocycles. The third kappa shape index (κ3) is 1.36. The number of anilines is 1. The third-order valence-corrected chi connectivity index (χ3v) is 4.38. The fourth-order valence-corrected chi connectivity index (χ4v) is 3.29. The number of fused-ring (bicyclic) bond motifs is 1. The molecule has 0 amide bonds. The Morgan fingerprint density at radius 3 is 2.86 bits per heavy atom. The largest absolute Gasteiger partial charge is 0.478 e. The van der Waals surface area contributed by atoms with Crippen molar-refractivity contribution in [2.45, 2.75) is 0 Å². The Labute approximate surface area is 97.7 Å². The number of benzene rings is 1. The number of nitrogen functional groups attached to an aromatic ring is 1. The molecular weight excluding hydrogens is 313 g/mol. The second-order valence-corrected chi connectivity index (χ2v) is 4.93. The highest BCUT2D eigenvalue weighted by Gasteiger charge is 2.14. The molecule has 0 radical (unpaired) electrons. The van der Waals surface area contributed by atoms with E-state index in [0.29, 0.717) is 10.6 Å². The Balaban J connectivity index is 2.91. The van der Waals surface area contributed by atoms with Crippen LogP contribution in [0.2, 0.25) is 0 Å². The maximum absolute atomic E-state index is 10.9. The van der Waals surface area contributed by atoms with Crippen LogP contribution in [0.3, 0.4) is 0 Å². The van der Waals surface area contributed by atoms with Gasteiger partial charge in [-0.25, -0.2) is 4.79 Å². The zero-order chi connectivity index (χ0) is 10.3. The molecule has 0 aliphatic rings. The highest BCUT2D eigenvalue weighted by Crippen LogP contribution is 2.36. The fourth-order valence-electron chi connectivity index (χ4n) is 1.31. The number of carbonyl (C=O) groups is 1. The molecule has 5 heteroatoms. The Kier molecular flexibility index (Phi) is 2.36. The number of carboxylic acids is 1. The number of halogens is 1. The SMILES string of the molecule is Nc1sc2cccc(C(=O)O)c2c1I. The highest BCUT2D eigenvalue weighted by molar-refractivity contribution is 14.1. The monoisotopic (exact) mass is 319 g/mol. The predicted molar refractivity (Wildman–Crippen MR) is 65.9 cm³/mol. The number of nitrogens with two attached hydrogens (primary N) is 1. The zero-order valence-electron chi connectivity index (χ0n) is 6.95. The van der Waals surface area contributed by atoms with Gasteiger partial charge < -0.3 is 10.8 Å². The maximum atomic E-state index is 10.9. The van der Waals surface area contributed by atoms with Crippen LogP contribution >= 0.6 is 33.9 Å². The van der Waals surface area contributed by atoms with Gasteiger partial charge in [-0.05, 0) is 34.7 Å². The molecule has 0 spiro atoms. The molecule has 14 heavy (non-hydrogen) atoms. The van der Waals surface area contributed by atoms with E-state index in [1.54, 1.807) is 12.1 Å². The molecular formula is C9H6INO2S. The first-order valence-electron chi connectivity index (χ1n) is 3.81. The van der Waals surface area contributed by atoms with Crippen molar-refractivity contribution < 1.29 is 9.90 Å². The predicted octanol–water partition coefficient (Wildman–Crippen LogP) is 2.79. The van der Waals surface area contributed by atoms with Crippen LogP contribution in [0.15, 0.2) is 18.2 Å². The van der Waals surface area contributed by atoms with Crippen LogP contribution in [0.25, 0.3) is 10.1 Å². The Hall–Kier alpha value is -0.820. The van der Waals surface area contributed by atoms with Crippen LogP contribution in [0.1, 0.15) is 10.4 Å². The smallest absolute Gasteiger partial charge is 0.336 e. The van der Waals surface area contributed by atoms with Gasteiger partial charge in [0, 0.05) is 10.1 Å². The summed E-state index contributed by atoms with van der Waals surface area (Å²) in [7, 11) is 0. The van der Waals surface area contributed by atoms with E-state index < -0.39 is 5.97 Å². The molecule has 0 unspecified atom stereocenters. The minimum Gasteiger partial charge on any atom is -0.478 e. The molecule has 0 bridgehead atoms. The van der Waals surface area contributed by atoms with Gasteiger partial charge >= 0.3 is 5.97 Å². The van der Waals surface area contributed by atoms with Crippen molar-refractivity contribution in [3.8, 4) is 0 Å². The van der Waals surface area contributed by atoms with Crippen molar-refractivity contribution in [1.29, 1.82) is 0 Å². The Bertz CT molecular complexity index is 521. The lowest BCUT2D eigenvalue weighted by molar-refractivity contribution is 0.0699. The van der Waals surface area contributed by atoms with Crippen LogP contribution in [0.5, 0.6) is 0 Å². The summed E-state index contributed by atoms with van der Waals surface area (Å²) in [5.74, 6) is -0.911. The summed E-state index contributed by atoms with van der Waals surface area (Å²) in [5, 5.41) is 10.4. The van der Waals surface area contributed by atoms with Crippen molar-refractivity contribution in [2.24, 2.45) is 0 Å². The number of thiophene rings is 1. The summed E-state index contributed by atoms with van der Waals surface area (Å²) in [4.78, 5) is 10.9. The normalized spacial score (nSPS) is 10.6. The van der Waals surface area contributed by atoms with E-state index in [-0.39, 0.29) is 0 Å². The van der Waals surface area contributed by atoms with Crippen molar-refractivity contribution in [2.75, 3.05) is 5.73 Å². The van der Waals surface area contributed by atoms with Gasteiger partial charge in [0.1, 0.15) is 5.00 Å². The van der Waals surface area contributed by atoms with E-state index in [4.69, 9.17) is 10.8 Å². The van der Waals surface area contributed by atoms with Crippen molar-refractivity contribution in [1.82, 2.24) is 0 Å². The van der Waals surface area contributed by atoms with Crippen LogP contribution in [-0.2, 0) is 0 Å². The Morgan fingerprint density at radius 1 is 1.50 bits per heavy atom. The average molecular weight is 319 g/mol. The number of carboxylic acid groups (broad SMARTS) is 1. The lowest BCUT2D eigenvalue weighted by Gasteiger charge is -1.97. The van der Waals surface area contributed by atoms with E-state index in [2.05, 4.69) is 22.6 Å². The van der Waals surface area contributed by atoms with E-state index in [1.807, 2.05) is 6.07 Å². The standard InChI is InChI=1S/C9H6INO2S/c10-7-6-4(9(12)13)2-1-3-5(6)14-8(7)11/h1-3H,11H2,(H,12,13). The van der Waals surface area contributed by atoms with Gasteiger partial charge in [0.2, 0.25) is 0 Å². The molecule has 0 saturated heterocycles. The lowest BCUT2D eigenvalue weighted by Crippen LogP contribution is -1.96. The number of aromatic carboxylic acids is 1. The Morgan fingerprint density at radius 2 is 2.21 bits per heavy atom. The maximum Gasteiger partial charge on any atom is 0.336 e. The van der Waals surface area contributed by atoms with Crippen molar-refractivity contribution in [3.63, 3.8) is 0 Å². The second-order valence-electron chi connectivity index (χ2n) is 2.76. The summed E-state index contributed by atoms with van der Waals surface area (Å²) in [6.07, 6.45) is 0. The zero-order valence-corrected chi connectivity index (χ0v) is 9.93. The van der Waals surface area contributed by atoms with Crippen LogP contribution in [0, 0.1) is 3.57 Å². The fraction of sp³-hybridized carbons (Fsp3) is 0. The lowest BCUT2D eigenvalue weighted by atomic mass is 10.1. The topological polar surface area (TPSA) is 63.3 Å². The van der Waals surface area contributed by atoms with Gasteiger partial charge in [0.05, 0.1) is 9.13 Å². The first-order valence-corrected chi connectivity index (χ1v) is 5.70. The molecule has 1 aromatic heterocycles. The molecule has 2 rings (SSSR count). The third-order valence-electron chi connectivity index (χ3n) is 1.91. The number of hydrogen-bond donors (Lipinski definition) is 2. The van der Waals surface area contributed by atoms with Crippen molar-refractivity contribution in [3.05, 3.63) is 27.3 Å². The minimum atomic E-state index is -0.911. The molecule has 0 aliphatic carbocycles. The summed E-state index contributed by atoms with van der Waals surface area (Å²) < 4.78 is 1.76. The number of rotatable bonds is 1. The quantitative estimate of drug-likeness (QED) is 0.795. The molecule has 0 fully saturated rings. The van der Waals surface area contributed by atoms with Gasteiger partial charge in [-0.1, -0.05) is 6.07 Å². The number of hydrogen-bond acceptors (Lipinski definition) is 3. The van der Waals surface area contributed by atoms with Gasteiger partial charge in [-0.15, -0.1) is 11.3 Å². The molecule has 3 nitrogen and oxygen atoms in total. The highest BCUT2D eigenvalue weighted by atomic mass is 127. The van der Waals surface area contributed by atoms with Gasteiger partial charge in [0.15, 0.2) is 0 Å². The van der Waals surface area contributed by atoms with Crippen LogP contribution in [0.4, 0.5) is 5.00 Å². The summed E-state index contributed by atoms with van der Waals surface area (Å²) in [6.45, 7) is 0. The first kappa shape index (κ1) is 9.72. The summed E-state index contributed by atoms with van der Waals surface area (Å²) in [5.41, 5.74) is 6.06. The summed E-state index contributed by atoms with van der Waals surface area (Å²) >= 11 is 3.50. The minimum absolute atomic E-state index is 0.319. The van der Waals surface area contributed by atoms with Gasteiger partial charge in [-0.3, -0.25) is 0 Å². The first-order chi connectivity index (χ1) is 6.61. The van der Waals surface area contributed by atoms with Crippen molar-refractivity contribution >= 4 is 55.0 Å². The molecule has 72 valence electrons. The second kappa shape index (κ2) is 3.39. The molecule has 0 saturated carbocycles. The molecule has 0 aliphatic heterocycles. The summed E-state index contributed by atoms with van der Waals surface area (Å²) in [6, 6.07) is 5.21. The van der Waals surface area contributed by atoms with Gasteiger partial charge in [-0.2, -0.15) is 0 Å². The molecule has 1 heterocycles. The van der Waals surface area contributed by atoms with E-state index in [1.165, 1.54) is 11.3 Å². The molecule has 3 N–H and O–H groups in total. The van der Waals surface area contributed by atoms with E-state index in [0.717, 1.165) is 13.7 Å². The average Bonchev–Trinajstić information content (AvgIpc) is 2.43. The van der Waals surface area contributed by atoms with Gasteiger partial charge in [0.25, 0.3) is 0 Å². The van der Waals surface area contributed by atoms with E-state index in [9.17, 15) is 4.79 Å². The van der Waals surface area contributed by atoms with E-state index >= 15 is 0 Å². The molecule has 0 atom stereocenters.